The molecule has 7 heteroatoms. The third-order valence-electron chi connectivity index (χ3n) is 2.10. The van der Waals surface area contributed by atoms with Gasteiger partial charge in [0.2, 0.25) is 5.91 Å². The van der Waals surface area contributed by atoms with Crippen LogP contribution in [0.5, 0.6) is 0 Å². The Labute approximate surface area is 92.7 Å². The summed E-state index contributed by atoms with van der Waals surface area (Å²) in [4.78, 5) is 23.6. The summed E-state index contributed by atoms with van der Waals surface area (Å²) in [5, 5.41) is 15.8. The van der Waals surface area contributed by atoms with E-state index in [4.69, 9.17) is 5.11 Å². The Balaban J connectivity index is 2.46. The van der Waals surface area contributed by atoms with E-state index in [1.165, 1.54) is 15.8 Å². The first-order chi connectivity index (χ1) is 7.63. The van der Waals surface area contributed by atoms with Crippen molar-refractivity contribution >= 4 is 11.9 Å². The van der Waals surface area contributed by atoms with Crippen LogP contribution in [0, 0.1) is 0 Å². The average Bonchev–Trinajstić information content (AvgIpc) is 2.71. The molecule has 1 aromatic heterocycles. The van der Waals surface area contributed by atoms with Crippen LogP contribution in [-0.2, 0) is 16.1 Å². The lowest BCUT2D eigenvalue weighted by Gasteiger charge is -2.19. The molecule has 16 heavy (non-hydrogen) atoms. The van der Waals surface area contributed by atoms with Crippen molar-refractivity contribution in [1.29, 1.82) is 0 Å². The zero-order valence-corrected chi connectivity index (χ0v) is 9.04. The molecule has 1 amide bonds. The molecule has 0 spiro atoms. The van der Waals surface area contributed by atoms with Gasteiger partial charge >= 0.3 is 5.97 Å². The fraction of sp³-hybridized carbons (Fsp3) is 0.556. The van der Waals surface area contributed by atoms with Gasteiger partial charge in [0.15, 0.2) is 0 Å². The second-order valence-corrected chi connectivity index (χ2v) is 3.22. The monoisotopic (exact) mass is 226 g/mol. The molecule has 0 saturated carbocycles. The van der Waals surface area contributed by atoms with Crippen molar-refractivity contribution in [2.45, 2.75) is 19.9 Å². The number of carboxylic acid groups (broad SMARTS) is 1. The highest BCUT2D eigenvalue weighted by atomic mass is 16.4. The van der Waals surface area contributed by atoms with E-state index >= 15 is 0 Å². The van der Waals surface area contributed by atoms with Crippen molar-refractivity contribution in [3.63, 3.8) is 0 Å². The summed E-state index contributed by atoms with van der Waals surface area (Å²) in [5.74, 6) is -1.07. The van der Waals surface area contributed by atoms with Gasteiger partial charge in [-0.05, 0) is 6.92 Å². The lowest BCUT2D eigenvalue weighted by atomic mass is 10.3. The Morgan fingerprint density at radius 2 is 2.25 bits per heavy atom. The molecule has 0 unspecified atom stereocenters. The van der Waals surface area contributed by atoms with Crippen LogP contribution < -0.4 is 0 Å². The quantitative estimate of drug-likeness (QED) is 0.713. The normalized spacial score (nSPS) is 10.1. The van der Waals surface area contributed by atoms with E-state index < -0.39 is 5.97 Å². The van der Waals surface area contributed by atoms with E-state index in [0.29, 0.717) is 6.54 Å². The highest BCUT2D eigenvalue weighted by Gasteiger charge is 2.13. The number of rotatable bonds is 6. The van der Waals surface area contributed by atoms with Gasteiger partial charge in [0.25, 0.3) is 0 Å². The Kier molecular flexibility index (Phi) is 4.43. The molecule has 0 aromatic carbocycles. The minimum atomic E-state index is -0.910. The van der Waals surface area contributed by atoms with Crippen LogP contribution >= 0.6 is 0 Å². The molecule has 0 bridgehead atoms. The standard InChI is InChI=1S/C9H14N4O3/c1-2-12(5-3-9(15)16)8(14)7-13-6-4-10-11-13/h4,6H,2-3,5,7H2,1H3,(H,15,16). The highest BCUT2D eigenvalue weighted by Crippen LogP contribution is 1.95. The molecule has 0 saturated heterocycles. The van der Waals surface area contributed by atoms with Crippen LogP contribution in [0.1, 0.15) is 13.3 Å². The number of aliphatic carboxylic acids is 1. The van der Waals surface area contributed by atoms with Crippen molar-refractivity contribution in [3.05, 3.63) is 12.4 Å². The van der Waals surface area contributed by atoms with E-state index in [1.807, 2.05) is 0 Å². The lowest BCUT2D eigenvalue weighted by molar-refractivity contribution is -0.138. The molecule has 1 heterocycles. The maximum Gasteiger partial charge on any atom is 0.305 e. The van der Waals surface area contributed by atoms with Gasteiger partial charge < -0.3 is 10.0 Å². The first-order valence-corrected chi connectivity index (χ1v) is 4.97. The number of amides is 1. The minimum Gasteiger partial charge on any atom is -0.481 e. The molecule has 0 aliphatic rings. The molecule has 0 atom stereocenters. The van der Waals surface area contributed by atoms with Crippen molar-refractivity contribution in [1.82, 2.24) is 19.9 Å². The topological polar surface area (TPSA) is 88.3 Å². The van der Waals surface area contributed by atoms with Crippen molar-refractivity contribution in [3.8, 4) is 0 Å². The Bertz CT molecular complexity index is 350. The van der Waals surface area contributed by atoms with Crippen LogP contribution in [0.4, 0.5) is 0 Å². The number of carboxylic acids is 1. The zero-order chi connectivity index (χ0) is 12.0. The minimum absolute atomic E-state index is 0.0447. The molecule has 0 fully saturated rings. The summed E-state index contributed by atoms with van der Waals surface area (Å²) in [6.07, 6.45) is 3.03. The van der Waals surface area contributed by atoms with E-state index in [2.05, 4.69) is 10.3 Å². The molecule has 1 rings (SSSR count). The number of carbonyl (C=O) groups excluding carboxylic acids is 1. The summed E-state index contributed by atoms with van der Waals surface area (Å²) in [6.45, 7) is 2.61. The second kappa shape index (κ2) is 5.84. The molecular formula is C9H14N4O3. The average molecular weight is 226 g/mol. The van der Waals surface area contributed by atoms with Crippen LogP contribution in [0.15, 0.2) is 12.4 Å². The highest BCUT2D eigenvalue weighted by molar-refractivity contribution is 5.76. The lowest BCUT2D eigenvalue weighted by Crippen LogP contribution is -2.35. The van der Waals surface area contributed by atoms with Crippen LogP contribution in [0.2, 0.25) is 0 Å². The molecule has 0 aliphatic heterocycles. The third kappa shape index (κ3) is 3.68. The summed E-state index contributed by atoms with van der Waals surface area (Å²) >= 11 is 0. The predicted molar refractivity (Wildman–Crippen MR) is 54.5 cm³/mol. The Morgan fingerprint density at radius 3 is 2.75 bits per heavy atom. The van der Waals surface area contributed by atoms with Gasteiger partial charge in [-0.1, -0.05) is 5.21 Å². The van der Waals surface area contributed by atoms with Crippen LogP contribution in [0.25, 0.3) is 0 Å². The molecule has 0 radical (unpaired) electrons. The third-order valence-corrected chi connectivity index (χ3v) is 2.10. The summed E-state index contributed by atoms with van der Waals surface area (Å²) < 4.78 is 1.41. The molecule has 7 nitrogen and oxygen atoms in total. The number of carbonyl (C=O) groups is 2. The number of hydrogen-bond acceptors (Lipinski definition) is 4. The summed E-state index contributed by atoms with van der Waals surface area (Å²) in [7, 11) is 0. The van der Waals surface area contributed by atoms with Crippen LogP contribution in [-0.4, -0.2) is 50.0 Å². The van der Waals surface area contributed by atoms with Gasteiger partial charge in [-0.15, -0.1) is 5.10 Å². The number of hydrogen-bond donors (Lipinski definition) is 1. The van der Waals surface area contributed by atoms with Gasteiger partial charge in [-0.2, -0.15) is 0 Å². The van der Waals surface area contributed by atoms with Gasteiger partial charge in [0, 0.05) is 19.3 Å². The van der Waals surface area contributed by atoms with E-state index in [9.17, 15) is 9.59 Å². The first-order valence-electron chi connectivity index (χ1n) is 4.97. The van der Waals surface area contributed by atoms with Crippen molar-refractivity contribution < 1.29 is 14.7 Å². The molecule has 1 N–H and O–H groups in total. The van der Waals surface area contributed by atoms with Gasteiger partial charge in [-0.3, -0.25) is 9.59 Å². The summed E-state index contributed by atoms with van der Waals surface area (Å²) in [5.41, 5.74) is 0. The summed E-state index contributed by atoms with van der Waals surface area (Å²) in [6, 6.07) is 0. The molecular weight excluding hydrogens is 212 g/mol. The SMILES string of the molecule is CCN(CCC(=O)O)C(=O)Cn1ccnn1. The van der Waals surface area contributed by atoms with E-state index in [0.717, 1.165) is 0 Å². The molecule has 88 valence electrons. The fourth-order valence-electron chi connectivity index (χ4n) is 1.25. The Hall–Kier alpha value is -1.92. The van der Waals surface area contributed by atoms with E-state index in [1.54, 1.807) is 13.1 Å². The van der Waals surface area contributed by atoms with E-state index in [-0.39, 0.29) is 25.4 Å². The van der Waals surface area contributed by atoms with Gasteiger partial charge in [-0.25, -0.2) is 4.68 Å². The predicted octanol–water partition coefficient (Wildman–Crippen LogP) is -0.399. The number of aromatic nitrogens is 3. The van der Waals surface area contributed by atoms with Gasteiger partial charge in [0.1, 0.15) is 6.54 Å². The largest absolute Gasteiger partial charge is 0.481 e. The fourth-order valence-corrected chi connectivity index (χ4v) is 1.25. The second-order valence-electron chi connectivity index (χ2n) is 3.22. The first kappa shape index (κ1) is 12.2. The Morgan fingerprint density at radius 1 is 1.50 bits per heavy atom. The maximum absolute atomic E-state index is 11.7. The number of nitrogens with zero attached hydrogens (tertiary/aromatic N) is 4. The van der Waals surface area contributed by atoms with Gasteiger partial charge in [0.05, 0.1) is 12.6 Å². The molecule has 1 aromatic rings. The zero-order valence-electron chi connectivity index (χ0n) is 9.04. The number of likely N-dealkylation sites (N-methyl/N-ethyl adjacent to an activating group) is 1. The van der Waals surface area contributed by atoms with Crippen molar-refractivity contribution in [2.24, 2.45) is 0 Å². The maximum atomic E-state index is 11.7. The van der Waals surface area contributed by atoms with Crippen LogP contribution in [0.3, 0.4) is 0 Å². The molecule has 0 aliphatic carbocycles. The van der Waals surface area contributed by atoms with Crippen molar-refractivity contribution in [2.75, 3.05) is 13.1 Å². The smallest absolute Gasteiger partial charge is 0.305 e.